The maximum atomic E-state index is 6.28. The highest BCUT2D eigenvalue weighted by Gasteiger charge is 2.26. The fourth-order valence-electron chi connectivity index (χ4n) is 1.39. The Kier molecular flexibility index (Phi) is 3.67. The van der Waals surface area contributed by atoms with E-state index in [-0.39, 0.29) is 5.54 Å². The molecule has 0 saturated carbocycles. The van der Waals surface area contributed by atoms with Crippen LogP contribution in [0.15, 0.2) is 5.38 Å². The van der Waals surface area contributed by atoms with Crippen molar-refractivity contribution in [1.82, 2.24) is 4.98 Å². The van der Waals surface area contributed by atoms with E-state index in [0.29, 0.717) is 5.92 Å². The lowest BCUT2D eigenvalue weighted by atomic mass is 9.91. The predicted molar refractivity (Wildman–Crippen MR) is 62.7 cm³/mol. The van der Waals surface area contributed by atoms with Crippen molar-refractivity contribution < 1.29 is 0 Å². The third kappa shape index (κ3) is 2.15. The fourth-order valence-corrected chi connectivity index (χ4v) is 2.34. The van der Waals surface area contributed by atoms with Gasteiger partial charge in [-0.3, -0.25) is 0 Å². The van der Waals surface area contributed by atoms with E-state index in [0.717, 1.165) is 18.5 Å². The molecule has 0 saturated heterocycles. The summed E-state index contributed by atoms with van der Waals surface area (Å²) in [5.74, 6) is 0.506. The first kappa shape index (κ1) is 11.7. The van der Waals surface area contributed by atoms with Crippen LogP contribution in [0.4, 0.5) is 0 Å². The van der Waals surface area contributed by atoms with Gasteiger partial charge in [0.1, 0.15) is 0 Å². The second-order valence-corrected chi connectivity index (χ2v) is 4.98. The first-order valence-corrected chi connectivity index (χ1v) is 6.16. The third-order valence-electron chi connectivity index (χ3n) is 2.79. The molecule has 0 spiro atoms. The summed E-state index contributed by atoms with van der Waals surface area (Å²) in [5.41, 5.74) is 7.12. The molecule has 0 aliphatic rings. The Morgan fingerprint density at radius 1 is 1.43 bits per heavy atom. The van der Waals surface area contributed by atoms with Gasteiger partial charge < -0.3 is 5.73 Å². The van der Waals surface area contributed by atoms with Crippen LogP contribution in [-0.4, -0.2) is 4.98 Å². The predicted octanol–water partition coefficient (Wildman–Crippen LogP) is 3.24. The van der Waals surface area contributed by atoms with Gasteiger partial charge in [-0.25, -0.2) is 4.98 Å². The quantitative estimate of drug-likeness (QED) is 0.832. The number of rotatable bonds is 4. The number of aromatic nitrogens is 1. The standard InChI is InChI=1S/C11H20N2S/c1-5-11(12,6-2)9-7-14-10(13-9)8(3)4/h7-8H,5-6,12H2,1-4H3. The lowest BCUT2D eigenvalue weighted by molar-refractivity contribution is 0.401. The van der Waals surface area contributed by atoms with Gasteiger partial charge in [-0.1, -0.05) is 27.7 Å². The molecule has 0 fully saturated rings. The molecule has 0 unspecified atom stereocenters. The summed E-state index contributed by atoms with van der Waals surface area (Å²) in [6, 6.07) is 0. The van der Waals surface area contributed by atoms with Crippen LogP contribution in [0.2, 0.25) is 0 Å². The third-order valence-corrected chi connectivity index (χ3v) is 3.93. The highest BCUT2D eigenvalue weighted by atomic mass is 32.1. The smallest absolute Gasteiger partial charge is 0.0954 e. The van der Waals surface area contributed by atoms with Crippen LogP contribution in [0.5, 0.6) is 0 Å². The van der Waals surface area contributed by atoms with Crippen LogP contribution < -0.4 is 5.73 Å². The molecule has 1 heterocycles. The van der Waals surface area contributed by atoms with Crippen molar-refractivity contribution in [1.29, 1.82) is 0 Å². The summed E-state index contributed by atoms with van der Waals surface area (Å²) >= 11 is 1.72. The molecule has 0 aliphatic carbocycles. The molecule has 0 amide bonds. The maximum Gasteiger partial charge on any atom is 0.0954 e. The van der Waals surface area contributed by atoms with Crippen molar-refractivity contribution in [3.05, 3.63) is 16.1 Å². The van der Waals surface area contributed by atoms with E-state index in [1.54, 1.807) is 11.3 Å². The monoisotopic (exact) mass is 212 g/mol. The van der Waals surface area contributed by atoms with Crippen LogP contribution in [0.3, 0.4) is 0 Å². The lowest BCUT2D eigenvalue weighted by Gasteiger charge is -2.24. The van der Waals surface area contributed by atoms with Crippen molar-refractivity contribution in [2.24, 2.45) is 5.73 Å². The Balaban J connectivity index is 2.95. The van der Waals surface area contributed by atoms with Crippen molar-refractivity contribution in [3.63, 3.8) is 0 Å². The van der Waals surface area contributed by atoms with Gasteiger partial charge in [0.25, 0.3) is 0 Å². The van der Waals surface area contributed by atoms with E-state index >= 15 is 0 Å². The number of thiazole rings is 1. The minimum atomic E-state index is -0.219. The molecule has 80 valence electrons. The van der Waals surface area contributed by atoms with E-state index < -0.39 is 0 Å². The van der Waals surface area contributed by atoms with Gasteiger partial charge in [0.15, 0.2) is 0 Å². The van der Waals surface area contributed by atoms with Crippen molar-refractivity contribution in [2.75, 3.05) is 0 Å². The molecule has 0 radical (unpaired) electrons. The van der Waals surface area contributed by atoms with E-state index in [9.17, 15) is 0 Å². The lowest BCUT2D eigenvalue weighted by Crippen LogP contribution is -2.35. The summed E-state index contributed by atoms with van der Waals surface area (Å²) in [5, 5.41) is 3.30. The molecule has 1 rings (SSSR count). The minimum absolute atomic E-state index is 0.219. The topological polar surface area (TPSA) is 38.9 Å². The van der Waals surface area contributed by atoms with E-state index in [1.165, 1.54) is 5.01 Å². The van der Waals surface area contributed by atoms with Gasteiger partial charge in [-0.05, 0) is 12.8 Å². The van der Waals surface area contributed by atoms with Gasteiger partial charge in [0.05, 0.1) is 16.2 Å². The summed E-state index contributed by atoms with van der Waals surface area (Å²) in [7, 11) is 0. The molecule has 1 aromatic heterocycles. The van der Waals surface area contributed by atoms with Gasteiger partial charge >= 0.3 is 0 Å². The maximum absolute atomic E-state index is 6.28. The Morgan fingerprint density at radius 3 is 2.36 bits per heavy atom. The summed E-state index contributed by atoms with van der Waals surface area (Å²) < 4.78 is 0. The van der Waals surface area contributed by atoms with Gasteiger partial charge in [0, 0.05) is 11.3 Å². The van der Waals surface area contributed by atoms with Crippen molar-refractivity contribution in [2.45, 2.75) is 52.0 Å². The molecule has 0 atom stereocenters. The number of nitrogens with zero attached hydrogens (tertiary/aromatic N) is 1. The average molecular weight is 212 g/mol. The second kappa shape index (κ2) is 4.41. The van der Waals surface area contributed by atoms with Crippen molar-refractivity contribution in [3.8, 4) is 0 Å². The SMILES string of the molecule is CCC(N)(CC)c1csc(C(C)C)n1. The molecule has 0 aliphatic heterocycles. The van der Waals surface area contributed by atoms with E-state index in [4.69, 9.17) is 5.73 Å². The van der Waals surface area contributed by atoms with Crippen molar-refractivity contribution >= 4 is 11.3 Å². The van der Waals surface area contributed by atoms with E-state index in [1.807, 2.05) is 0 Å². The second-order valence-electron chi connectivity index (χ2n) is 4.09. The number of hydrogen-bond donors (Lipinski definition) is 1. The number of hydrogen-bond acceptors (Lipinski definition) is 3. The molecule has 3 heteroatoms. The first-order chi connectivity index (χ1) is 6.53. The Labute approximate surface area is 90.6 Å². The highest BCUT2D eigenvalue weighted by Crippen LogP contribution is 2.29. The largest absolute Gasteiger partial charge is 0.320 e. The zero-order valence-electron chi connectivity index (χ0n) is 9.50. The summed E-state index contributed by atoms with van der Waals surface area (Å²) in [6.07, 6.45) is 1.90. The first-order valence-electron chi connectivity index (χ1n) is 5.28. The van der Waals surface area contributed by atoms with Gasteiger partial charge in [-0.2, -0.15) is 0 Å². The van der Waals surface area contributed by atoms with Crippen LogP contribution >= 0.6 is 11.3 Å². The van der Waals surface area contributed by atoms with Crippen LogP contribution in [0, 0.1) is 0 Å². The molecule has 1 aromatic rings. The molecule has 0 bridgehead atoms. The zero-order valence-corrected chi connectivity index (χ0v) is 10.3. The Morgan fingerprint density at radius 2 is 2.00 bits per heavy atom. The molecular formula is C11H20N2S. The zero-order chi connectivity index (χ0) is 10.8. The van der Waals surface area contributed by atoms with Crippen LogP contribution in [0.25, 0.3) is 0 Å². The molecule has 2 nitrogen and oxygen atoms in total. The van der Waals surface area contributed by atoms with Gasteiger partial charge in [0.2, 0.25) is 0 Å². The van der Waals surface area contributed by atoms with Gasteiger partial charge in [-0.15, -0.1) is 11.3 Å². The summed E-state index contributed by atoms with van der Waals surface area (Å²) in [6.45, 7) is 8.58. The highest BCUT2D eigenvalue weighted by molar-refractivity contribution is 7.09. The summed E-state index contributed by atoms with van der Waals surface area (Å²) in [4.78, 5) is 4.62. The molecule has 0 aromatic carbocycles. The van der Waals surface area contributed by atoms with Crippen LogP contribution in [0.1, 0.15) is 57.2 Å². The number of nitrogens with two attached hydrogens (primary N) is 1. The normalized spacial score (nSPS) is 12.4. The van der Waals surface area contributed by atoms with E-state index in [2.05, 4.69) is 38.1 Å². The average Bonchev–Trinajstić information content (AvgIpc) is 2.66. The minimum Gasteiger partial charge on any atom is -0.320 e. The molecule has 2 N–H and O–H groups in total. The Bertz CT molecular complexity index is 287. The molecule has 14 heavy (non-hydrogen) atoms. The molecular weight excluding hydrogens is 192 g/mol. The van der Waals surface area contributed by atoms with Crippen LogP contribution in [-0.2, 0) is 5.54 Å². The Hall–Kier alpha value is -0.410. The fraction of sp³-hybridized carbons (Fsp3) is 0.727.